The van der Waals surface area contributed by atoms with E-state index in [1.54, 1.807) is 0 Å². The number of anilines is 2. The number of hydrogen-bond donors (Lipinski definition) is 3. The SMILES string of the molecule is COc1nc(NCCOCCOCCN)nc(NC2CCc3ccccc32)n1. The second-order valence-corrected chi connectivity index (χ2v) is 6.34. The first-order valence-electron chi connectivity index (χ1n) is 9.54. The van der Waals surface area contributed by atoms with Gasteiger partial charge >= 0.3 is 6.01 Å². The lowest BCUT2D eigenvalue weighted by molar-refractivity contribution is 0.0547. The number of benzene rings is 1. The van der Waals surface area contributed by atoms with E-state index >= 15 is 0 Å². The van der Waals surface area contributed by atoms with Crippen LogP contribution in [0.4, 0.5) is 11.9 Å². The number of methoxy groups -OCH3 is 1. The third-order valence-electron chi connectivity index (χ3n) is 4.40. The molecule has 1 aliphatic carbocycles. The molecule has 1 atom stereocenters. The summed E-state index contributed by atoms with van der Waals surface area (Å²) in [6.45, 7) is 3.21. The Morgan fingerprint density at radius 1 is 1.04 bits per heavy atom. The maximum atomic E-state index is 5.49. The van der Waals surface area contributed by atoms with Crippen LogP contribution in [0.2, 0.25) is 0 Å². The number of aryl methyl sites for hydroxylation is 1. The van der Waals surface area contributed by atoms with Gasteiger partial charge in [-0.25, -0.2) is 0 Å². The van der Waals surface area contributed by atoms with Crippen molar-refractivity contribution >= 4 is 11.9 Å². The average Bonchev–Trinajstić information content (AvgIpc) is 3.13. The molecule has 0 spiro atoms. The fourth-order valence-corrected chi connectivity index (χ4v) is 3.09. The molecule has 9 nitrogen and oxygen atoms in total. The van der Waals surface area contributed by atoms with Crippen LogP contribution in [0, 0.1) is 0 Å². The van der Waals surface area contributed by atoms with Crippen LogP contribution in [0.3, 0.4) is 0 Å². The van der Waals surface area contributed by atoms with Crippen LogP contribution in [-0.4, -0.2) is 61.6 Å². The highest BCUT2D eigenvalue weighted by atomic mass is 16.5. The summed E-state index contributed by atoms with van der Waals surface area (Å²) in [6, 6.07) is 8.89. The zero-order chi connectivity index (χ0) is 19.6. The van der Waals surface area contributed by atoms with Crippen molar-refractivity contribution in [2.24, 2.45) is 5.73 Å². The second-order valence-electron chi connectivity index (χ2n) is 6.34. The van der Waals surface area contributed by atoms with E-state index in [4.69, 9.17) is 19.9 Å². The van der Waals surface area contributed by atoms with Gasteiger partial charge in [0.25, 0.3) is 0 Å². The van der Waals surface area contributed by atoms with Crippen molar-refractivity contribution < 1.29 is 14.2 Å². The Balaban J connectivity index is 1.51. The fraction of sp³-hybridized carbons (Fsp3) is 0.526. The quantitative estimate of drug-likeness (QED) is 0.464. The van der Waals surface area contributed by atoms with Gasteiger partial charge in [-0.05, 0) is 24.0 Å². The van der Waals surface area contributed by atoms with Crippen molar-refractivity contribution in [1.29, 1.82) is 0 Å². The average molecular weight is 388 g/mol. The van der Waals surface area contributed by atoms with Crippen molar-refractivity contribution in [1.82, 2.24) is 15.0 Å². The number of nitrogens with zero attached hydrogens (tertiary/aromatic N) is 3. The Morgan fingerprint density at radius 2 is 1.82 bits per heavy atom. The minimum absolute atomic E-state index is 0.188. The van der Waals surface area contributed by atoms with E-state index in [9.17, 15) is 0 Å². The molecule has 0 aliphatic heterocycles. The molecule has 2 aromatic rings. The van der Waals surface area contributed by atoms with E-state index in [2.05, 4.69) is 49.9 Å². The first-order chi connectivity index (χ1) is 13.8. The van der Waals surface area contributed by atoms with Crippen LogP contribution in [0.1, 0.15) is 23.6 Å². The molecular formula is C19H28N6O3. The summed E-state index contributed by atoms with van der Waals surface area (Å²) in [6.07, 6.45) is 2.06. The third-order valence-corrected chi connectivity index (χ3v) is 4.40. The molecule has 0 bridgehead atoms. The van der Waals surface area contributed by atoms with E-state index in [1.165, 1.54) is 18.2 Å². The van der Waals surface area contributed by atoms with Crippen molar-refractivity contribution in [2.45, 2.75) is 18.9 Å². The maximum Gasteiger partial charge on any atom is 0.322 e. The van der Waals surface area contributed by atoms with E-state index in [-0.39, 0.29) is 12.1 Å². The Morgan fingerprint density at radius 3 is 2.64 bits per heavy atom. The highest BCUT2D eigenvalue weighted by Crippen LogP contribution is 2.33. The maximum absolute atomic E-state index is 5.49. The van der Waals surface area contributed by atoms with Crippen LogP contribution in [0.5, 0.6) is 6.01 Å². The summed E-state index contributed by atoms with van der Waals surface area (Å²) in [5.41, 5.74) is 8.02. The summed E-state index contributed by atoms with van der Waals surface area (Å²) in [5.74, 6) is 0.941. The molecule has 0 fully saturated rings. The molecule has 4 N–H and O–H groups in total. The topological polar surface area (TPSA) is 116 Å². The van der Waals surface area contributed by atoms with E-state index in [0.29, 0.717) is 51.4 Å². The van der Waals surface area contributed by atoms with Gasteiger partial charge in [0.1, 0.15) is 0 Å². The lowest BCUT2D eigenvalue weighted by Gasteiger charge is -2.15. The van der Waals surface area contributed by atoms with E-state index in [0.717, 1.165) is 12.8 Å². The van der Waals surface area contributed by atoms with Gasteiger partial charge in [0, 0.05) is 13.1 Å². The van der Waals surface area contributed by atoms with Gasteiger partial charge in [0.2, 0.25) is 11.9 Å². The van der Waals surface area contributed by atoms with Gasteiger partial charge in [0.05, 0.1) is 39.6 Å². The third kappa shape index (κ3) is 5.75. The zero-order valence-electron chi connectivity index (χ0n) is 16.2. The normalized spacial score (nSPS) is 15.3. The Labute approximate surface area is 165 Å². The van der Waals surface area contributed by atoms with Gasteiger partial charge in [-0.3, -0.25) is 0 Å². The fourth-order valence-electron chi connectivity index (χ4n) is 3.09. The Hall–Kier alpha value is -2.49. The van der Waals surface area contributed by atoms with Gasteiger partial charge in [-0.2, -0.15) is 15.0 Å². The number of ether oxygens (including phenoxy) is 3. The number of aromatic nitrogens is 3. The summed E-state index contributed by atoms with van der Waals surface area (Å²) < 4.78 is 16.0. The van der Waals surface area contributed by atoms with Gasteiger partial charge in [0.15, 0.2) is 0 Å². The summed E-state index contributed by atoms with van der Waals surface area (Å²) >= 11 is 0. The molecule has 152 valence electrons. The van der Waals surface area contributed by atoms with Crippen molar-refractivity contribution in [3.05, 3.63) is 35.4 Å². The molecule has 0 saturated heterocycles. The highest BCUT2D eigenvalue weighted by Gasteiger charge is 2.23. The van der Waals surface area contributed by atoms with Gasteiger partial charge < -0.3 is 30.6 Å². The van der Waals surface area contributed by atoms with Crippen LogP contribution >= 0.6 is 0 Å². The number of fused-ring (bicyclic) bond motifs is 1. The molecule has 28 heavy (non-hydrogen) atoms. The number of hydrogen-bond acceptors (Lipinski definition) is 9. The summed E-state index contributed by atoms with van der Waals surface area (Å²) in [4.78, 5) is 13.0. The molecule has 1 unspecified atom stereocenters. The molecular weight excluding hydrogens is 360 g/mol. The monoisotopic (exact) mass is 388 g/mol. The molecule has 3 rings (SSSR count). The Kier molecular flexibility index (Phi) is 7.77. The lowest BCUT2D eigenvalue weighted by Crippen LogP contribution is -2.17. The van der Waals surface area contributed by atoms with Crippen LogP contribution in [-0.2, 0) is 15.9 Å². The first-order valence-corrected chi connectivity index (χ1v) is 9.54. The largest absolute Gasteiger partial charge is 0.467 e. The molecule has 0 saturated carbocycles. The number of nitrogens with two attached hydrogens (primary N) is 1. The highest BCUT2D eigenvalue weighted by molar-refractivity contribution is 5.43. The number of rotatable bonds is 12. The standard InChI is InChI=1S/C19H28N6O3/c1-26-19-24-17(21-9-11-28-13-12-27-10-8-20)23-18(25-19)22-16-7-6-14-4-2-3-5-15(14)16/h2-5,16H,6-13,20H2,1H3,(H2,21,22,23,24,25). The number of nitrogens with one attached hydrogen (secondary N) is 2. The Bertz CT molecular complexity index is 745. The van der Waals surface area contributed by atoms with Crippen molar-refractivity contribution in [3.8, 4) is 6.01 Å². The smallest absolute Gasteiger partial charge is 0.322 e. The van der Waals surface area contributed by atoms with E-state index in [1.807, 2.05) is 0 Å². The van der Waals surface area contributed by atoms with E-state index < -0.39 is 0 Å². The van der Waals surface area contributed by atoms with Crippen LogP contribution in [0.25, 0.3) is 0 Å². The predicted molar refractivity (Wildman–Crippen MR) is 107 cm³/mol. The van der Waals surface area contributed by atoms with Crippen LogP contribution in [0.15, 0.2) is 24.3 Å². The molecule has 1 aromatic heterocycles. The van der Waals surface area contributed by atoms with Gasteiger partial charge in [-0.15, -0.1) is 0 Å². The van der Waals surface area contributed by atoms with Gasteiger partial charge in [-0.1, -0.05) is 24.3 Å². The predicted octanol–water partition coefficient (Wildman–Crippen LogP) is 1.38. The lowest BCUT2D eigenvalue weighted by atomic mass is 10.1. The molecule has 0 amide bonds. The molecule has 0 radical (unpaired) electrons. The minimum atomic E-state index is 0.188. The van der Waals surface area contributed by atoms with Crippen molar-refractivity contribution in [2.75, 3.05) is 57.3 Å². The molecule has 1 aliphatic rings. The molecule has 9 heteroatoms. The van der Waals surface area contributed by atoms with Crippen molar-refractivity contribution in [3.63, 3.8) is 0 Å². The summed E-state index contributed by atoms with van der Waals surface area (Å²) in [5, 5.41) is 6.54. The molecule has 1 aromatic carbocycles. The van der Waals surface area contributed by atoms with Crippen LogP contribution < -0.4 is 21.1 Å². The second kappa shape index (κ2) is 10.7. The molecule has 1 heterocycles. The zero-order valence-corrected chi connectivity index (χ0v) is 16.2. The summed E-state index contributed by atoms with van der Waals surface area (Å²) in [7, 11) is 1.54. The first kappa shape index (κ1) is 20.2. The minimum Gasteiger partial charge on any atom is -0.467 e.